The summed E-state index contributed by atoms with van der Waals surface area (Å²) in [6.45, 7) is 2.60. The van der Waals surface area contributed by atoms with Gasteiger partial charge in [-0.1, -0.05) is 48.9 Å². The van der Waals surface area contributed by atoms with Crippen LogP contribution in [0.5, 0.6) is 0 Å². The second-order valence-electron chi connectivity index (χ2n) is 9.12. The molecule has 4 rings (SSSR count). The molecule has 0 spiro atoms. The number of hydrogen-bond donors (Lipinski definition) is 2. The third-order valence-corrected chi connectivity index (χ3v) is 7.38. The molecule has 1 saturated heterocycles. The third-order valence-electron chi connectivity index (χ3n) is 7.38. The zero-order valence-corrected chi connectivity index (χ0v) is 18.2. The monoisotopic (exact) mass is 435 g/mol. The summed E-state index contributed by atoms with van der Waals surface area (Å²) in [6.07, 6.45) is 2.93. The van der Waals surface area contributed by atoms with Gasteiger partial charge in [-0.3, -0.25) is 4.90 Å². The molecule has 1 saturated carbocycles. The van der Waals surface area contributed by atoms with E-state index in [9.17, 15) is 19.6 Å². The van der Waals surface area contributed by atoms with E-state index in [4.69, 9.17) is 0 Å². The van der Waals surface area contributed by atoms with E-state index in [1.807, 2.05) is 24.3 Å². The molecular weight excluding hydrogens is 405 g/mol. The van der Waals surface area contributed by atoms with Crippen LogP contribution in [0, 0.1) is 29.0 Å². The number of nitriles is 1. The predicted octanol–water partition coefficient (Wildman–Crippen LogP) is 4.94. The Morgan fingerprint density at radius 1 is 1.12 bits per heavy atom. The van der Waals surface area contributed by atoms with Crippen molar-refractivity contribution in [2.45, 2.75) is 50.1 Å². The van der Waals surface area contributed by atoms with E-state index in [2.05, 4.69) is 28.4 Å². The zero-order chi connectivity index (χ0) is 22.6. The van der Waals surface area contributed by atoms with Gasteiger partial charge in [-0.2, -0.15) is 5.26 Å². The second-order valence-corrected chi connectivity index (χ2v) is 9.12. The number of benzene rings is 2. The Morgan fingerprint density at radius 3 is 2.53 bits per heavy atom. The molecular formula is C26H30FN3O2. The molecule has 3 atom stereocenters. The van der Waals surface area contributed by atoms with Crippen LogP contribution < -0.4 is 5.32 Å². The number of halogens is 1. The number of rotatable bonds is 6. The van der Waals surface area contributed by atoms with Crippen LogP contribution in [0.2, 0.25) is 0 Å². The van der Waals surface area contributed by atoms with E-state index >= 15 is 0 Å². The van der Waals surface area contributed by atoms with Crippen molar-refractivity contribution >= 4 is 6.09 Å². The summed E-state index contributed by atoms with van der Waals surface area (Å²) in [4.78, 5) is 13.8. The quantitative estimate of drug-likeness (QED) is 0.674. The Morgan fingerprint density at radius 2 is 1.88 bits per heavy atom. The Labute approximate surface area is 188 Å². The van der Waals surface area contributed by atoms with Crippen LogP contribution in [-0.4, -0.2) is 35.2 Å². The van der Waals surface area contributed by atoms with Gasteiger partial charge in [-0.25, -0.2) is 9.18 Å². The molecule has 0 unspecified atom stereocenters. The maximum atomic E-state index is 14.3. The van der Waals surface area contributed by atoms with E-state index in [-0.39, 0.29) is 23.7 Å². The predicted molar refractivity (Wildman–Crippen MR) is 120 cm³/mol. The third kappa shape index (κ3) is 4.49. The van der Waals surface area contributed by atoms with Crippen molar-refractivity contribution in [3.05, 3.63) is 71.5 Å². The average molecular weight is 436 g/mol. The van der Waals surface area contributed by atoms with Gasteiger partial charge in [0, 0.05) is 18.5 Å². The SMILES string of the molecule is N#C[C@](c1cccc(F)c1)(C1CCN(Cc2ccccc2)CC1)[C@H]1CCC[C@@H]1NC(=O)O. The Hall–Kier alpha value is -2.91. The lowest BCUT2D eigenvalue weighted by Crippen LogP contribution is -2.52. The molecule has 1 aliphatic carbocycles. The topological polar surface area (TPSA) is 76.4 Å². The van der Waals surface area contributed by atoms with Crippen molar-refractivity contribution in [2.75, 3.05) is 13.1 Å². The van der Waals surface area contributed by atoms with Crippen LogP contribution in [0.1, 0.15) is 43.2 Å². The fourth-order valence-corrected chi connectivity index (χ4v) is 5.96. The van der Waals surface area contributed by atoms with Gasteiger partial charge in [0.05, 0.1) is 11.5 Å². The molecule has 6 heteroatoms. The van der Waals surface area contributed by atoms with E-state index in [1.165, 1.54) is 17.7 Å². The highest BCUT2D eigenvalue weighted by Gasteiger charge is 2.52. The maximum absolute atomic E-state index is 14.3. The lowest BCUT2D eigenvalue weighted by Gasteiger charge is -2.46. The molecule has 2 N–H and O–H groups in total. The lowest BCUT2D eigenvalue weighted by molar-refractivity contribution is 0.104. The van der Waals surface area contributed by atoms with Crippen LogP contribution in [0.25, 0.3) is 0 Å². The first-order chi connectivity index (χ1) is 15.5. The van der Waals surface area contributed by atoms with Gasteiger partial charge in [0.1, 0.15) is 5.82 Å². The standard InChI is InChI=1S/C26H30FN3O2/c27-22-9-4-8-21(16-22)26(18-28,23-10-5-11-24(23)29-25(31)32)20-12-14-30(15-13-20)17-19-6-2-1-3-7-19/h1-4,6-9,16,20,23-24,29H,5,10-15,17H2,(H,31,32)/t23-,24-,26+/m0/s1. The Bertz CT molecular complexity index is 969. The summed E-state index contributed by atoms with van der Waals surface area (Å²) in [7, 11) is 0. The molecule has 5 nitrogen and oxygen atoms in total. The Kier molecular flexibility index (Phi) is 6.76. The summed E-state index contributed by atoms with van der Waals surface area (Å²) < 4.78 is 14.3. The first-order valence-electron chi connectivity index (χ1n) is 11.5. The Balaban J connectivity index is 1.61. The van der Waals surface area contributed by atoms with Gasteiger partial charge in [0.25, 0.3) is 0 Å². The summed E-state index contributed by atoms with van der Waals surface area (Å²) >= 11 is 0. The number of hydrogen-bond acceptors (Lipinski definition) is 3. The van der Waals surface area contributed by atoms with Crippen molar-refractivity contribution < 1.29 is 14.3 Å². The van der Waals surface area contributed by atoms with Gasteiger partial charge in [0.15, 0.2) is 0 Å². The van der Waals surface area contributed by atoms with E-state index in [0.717, 1.165) is 45.3 Å². The van der Waals surface area contributed by atoms with E-state index in [1.54, 1.807) is 6.07 Å². The molecule has 0 bridgehead atoms. The van der Waals surface area contributed by atoms with Crippen LogP contribution in [0.4, 0.5) is 9.18 Å². The van der Waals surface area contributed by atoms with Gasteiger partial charge < -0.3 is 10.4 Å². The number of carbonyl (C=O) groups is 1. The minimum absolute atomic E-state index is 0.0440. The van der Waals surface area contributed by atoms with Crippen molar-refractivity contribution in [3.63, 3.8) is 0 Å². The van der Waals surface area contributed by atoms with E-state index < -0.39 is 11.5 Å². The molecule has 2 aromatic rings. The summed E-state index contributed by atoms with van der Waals surface area (Å²) in [5.74, 6) is -0.483. The molecule has 1 aliphatic heterocycles. The number of carboxylic acid groups (broad SMARTS) is 1. The molecule has 0 aromatic heterocycles. The first kappa shape index (κ1) is 22.3. The van der Waals surface area contributed by atoms with Crippen LogP contribution >= 0.6 is 0 Å². The number of amides is 1. The van der Waals surface area contributed by atoms with Crippen LogP contribution in [0.3, 0.4) is 0 Å². The fourth-order valence-electron chi connectivity index (χ4n) is 5.96. The maximum Gasteiger partial charge on any atom is 0.404 e. The van der Waals surface area contributed by atoms with E-state index in [0.29, 0.717) is 12.0 Å². The number of piperidine rings is 1. The van der Waals surface area contributed by atoms with Crippen LogP contribution in [-0.2, 0) is 12.0 Å². The summed E-state index contributed by atoms with van der Waals surface area (Å²) in [5.41, 5.74) is 1.04. The number of nitrogens with zero attached hydrogens (tertiary/aromatic N) is 2. The lowest BCUT2D eigenvalue weighted by atomic mass is 9.59. The highest BCUT2D eigenvalue weighted by Crippen LogP contribution is 2.50. The highest BCUT2D eigenvalue weighted by atomic mass is 19.1. The second kappa shape index (κ2) is 9.70. The first-order valence-corrected chi connectivity index (χ1v) is 11.5. The normalized spacial score (nSPS) is 23.9. The molecule has 1 heterocycles. The van der Waals surface area contributed by atoms with Gasteiger partial charge in [-0.15, -0.1) is 0 Å². The van der Waals surface area contributed by atoms with Crippen molar-refractivity contribution in [1.82, 2.24) is 10.2 Å². The minimum Gasteiger partial charge on any atom is -0.465 e. The zero-order valence-electron chi connectivity index (χ0n) is 18.2. The molecule has 0 radical (unpaired) electrons. The number of likely N-dealkylation sites (tertiary alicyclic amines) is 1. The van der Waals surface area contributed by atoms with Crippen molar-refractivity contribution in [3.8, 4) is 6.07 Å². The average Bonchev–Trinajstić information content (AvgIpc) is 3.24. The molecule has 32 heavy (non-hydrogen) atoms. The molecule has 2 aromatic carbocycles. The van der Waals surface area contributed by atoms with Crippen molar-refractivity contribution in [1.29, 1.82) is 5.26 Å². The molecule has 1 amide bonds. The number of nitrogens with one attached hydrogen (secondary N) is 1. The minimum atomic E-state index is -1.06. The van der Waals surface area contributed by atoms with Gasteiger partial charge >= 0.3 is 6.09 Å². The van der Waals surface area contributed by atoms with Crippen molar-refractivity contribution in [2.24, 2.45) is 11.8 Å². The fraction of sp³-hybridized carbons (Fsp3) is 0.462. The van der Waals surface area contributed by atoms with Gasteiger partial charge in [-0.05, 0) is 68.0 Å². The van der Waals surface area contributed by atoms with Gasteiger partial charge in [0.2, 0.25) is 0 Å². The molecule has 168 valence electrons. The largest absolute Gasteiger partial charge is 0.465 e. The smallest absolute Gasteiger partial charge is 0.404 e. The highest BCUT2D eigenvalue weighted by molar-refractivity contribution is 5.65. The summed E-state index contributed by atoms with van der Waals surface area (Å²) in [5, 5.41) is 22.7. The molecule has 2 fully saturated rings. The van der Waals surface area contributed by atoms with Crippen LogP contribution in [0.15, 0.2) is 54.6 Å². The summed E-state index contributed by atoms with van der Waals surface area (Å²) in [6, 6.07) is 19.1. The molecule has 2 aliphatic rings.